The molecule has 1 atom stereocenters. The maximum atomic E-state index is 11.8. The summed E-state index contributed by atoms with van der Waals surface area (Å²) >= 11 is 0. The van der Waals surface area contributed by atoms with Gasteiger partial charge < -0.3 is 4.90 Å². The molecule has 2 aliphatic rings. The molecule has 3 rings (SSSR count). The summed E-state index contributed by atoms with van der Waals surface area (Å²) in [4.78, 5) is 65.2. The van der Waals surface area contributed by atoms with Crippen LogP contribution in [0.25, 0.3) is 0 Å². The minimum atomic E-state index is -1.08. The summed E-state index contributed by atoms with van der Waals surface area (Å²) in [6.07, 6.45) is 2.88. The number of amides is 5. The van der Waals surface area contributed by atoms with Crippen molar-refractivity contribution in [2.45, 2.75) is 6.42 Å². The van der Waals surface area contributed by atoms with E-state index in [1.165, 1.54) is 17.1 Å². The van der Waals surface area contributed by atoms with Gasteiger partial charge in [0.05, 0.1) is 0 Å². The van der Waals surface area contributed by atoms with Gasteiger partial charge in [0.2, 0.25) is 6.41 Å². The van der Waals surface area contributed by atoms with E-state index in [4.69, 9.17) is 5.21 Å². The van der Waals surface area contributed by atoms with E-state index in [-0.39, 0.29) is 23.3 Å². The van der Waals surface area contributed by atoms with Gasteiger partial charge in [-0.3, -0.25) is 39.3 Å². The zero-order chi connectivity index (χ0) is 21.3. The number of nitrogens with zero attached hydrogens (tertiary/aromatic N) is 2. The van der Waals surface area contributed by atoms with Crippen LogP contribution in [0.2, 0.25) is 0 Å². The monoisotopic (exact) mass is 389 g/mol. The maximum absolute atomic E-state index is 11.8. The highest BCUT2D eigenvalue weighted by Gasteiger charge is 2.42. The third kappa shape index (κ3) is 6.57. The number of Topliss-reactive ketones (excluding diaryl/α,β-unsaturated/α-hetero) is 1. The van der Waals surface area contributed by atoms with Crippen LogP contribution in [0.3, 0.4) is 0 Å². The van der Waals surface area contributed by atoms with Crippen molar-refractivity contribution in [3.63, 3.8) is 0 Å². The molecule has 0 saturated carbocycles. The largest absolute Gasteiger partial charge is 0.351 e. The second kappa shape index (κ2) is 10.5. The highest BCUT2D eigenvalue weighted by Crippen LogP contribution is 2.22. The van der Waals surface area contributed by atoms with Crippen LogP contribution in [-0.4, -0.2) is 65.1 Å². The lowest BCUT2D eigenvalue weighted by molar-refractivity contribution is -0.171. The lowest BCUT2D eigenvalue weighted by Gasteiger charge is -2.06. The topological polar surface area (TPSA) is 141 Å². The SMILES string of the molecule is CN(C)C=O.O=C(c1ccccc1)C1CC(=O)N(O)C1=O.O=C1C=CC(=O)N1. The number of hydrogen-bond acceptors (Lipinski definition) is 7. The molecule has 148 valence electrons. The molecule has 0 radical (unpaired) electrons. The Kier molecular flexibility index (Phi) is 8.38. The molecule has 0 aromatic heterocycles. The van der Waals surface area contributed by atoms with Crippen LogP contribution in [0, 0.1) is 5.92 Å². The van der Waals surface area contributed by atoms with Gasteiger partial charge in [0.15, 0.2) is 5.78 Å². The maximum Gasteiger partial charge on any atom is 0.264 e. The van der Waals surface area contributed by atoms with E-state index in [1.54, 1.807) is 44.4 Å². The van der Waals surface area contributed by atoms with Crippen molar-refractivity contribution in [1.29, 1.82) is 0 Å². The van der Waals surface area contributed by atoms with Crippen molar-refractivity contribution < 1.29 is 34.0 Å². The summed E-state index contributed by atoms with van der Waals surface area (Å²) in [5.74, 6) is -3.76. The molecule has 1 fully saturated rings. The summed E-state index contributed by atoms with van der Waals surface area (Å²) < 4.78 is 0. The Bertz CT molecular complexity index is 787. The molecule has 10 nitrogen and oxygen atoms in total. The summed E-state index contributed by atoms with van der Waals surface area (Å²) in [6.45, 7) is 0. The zero-order valence-electron chi connectivity index (χ0n) is 15.2. The third-order valence-corrected chi connectivity index (χ3v) is 3.34. The first kappa shape index (κ1) is 22.4. The summed E-state index contributed by atoms with van der Waals surface area (Å²) in [5, 5.41) is 11.1. The molecule has 0 bridgehead atoms. The van der Waals surface area contributed by atoms with Crippen LogP contribution in [0.15, 0.2) is 42.5 Å². The number of benzene rings is 1. The van der Waals surface area contributed by atoms with Crippen molar-refractivity contribution in [3.05, 3.63) is 48.0 Å². The van der Waals surface area contributed by atoms with Crippen LogP contribution >= 0.6 is 0 Å². The van der Waals surface area contributed by atoms with Crippen LogP contribution in [-0.2, 0) is 24.0 Å². The number of rotatable bonds is 3. The number of carbonyl (C=O) groups is 6. The number of hydroxylamine groups is 2. The molecule has 2 aliphatic heterocycles. The van der Waals surface area contributed by atoms with Crippen molar-refractivity contribution >= 4 is 35.8 Å². The number of hydrogen-bond donors (Lipinski definition) is 2. The van der Waals surface area contributed by atoms with Gasteiger partial charge in [0.1, 0.15) is 5.92 Å². The molecule has 1 aromatic carbocycles. The van der Waals surface area contributed by atoms with Gasteiger partial charge in [-0.2, -0.15) is 5.06 Å². The summed E-state index contributed by atoms with van der Waals surface area (Å²) in [5.41, 5.74) is 0.365. The van der Waals surface area contributed by atoms with E-state index in [9.17, 15) is 28.8 Å². The molecular formula is C18H19N3O7. The Morgan fingerprint density at radius 1 is 1.11 bits per heavy atom. The molecule has 1 unspecified atom stereocenters. The highest BCUT2D eigenvalue weighted by atomic mass is 16.5. The first-order valence-corrected chi connectivity index (χ1v) is 7.97. The molecule has 2 N–H and O–H groups in total. The fourth-order valence-corrected chi connectivity index (χ4v) is 1.98. The quantitative estimate of drug-likeness (QED) is 0.234. The molecule has 0 spiro atoms. The first-order valence-electron chi connectivity index (χ1n) is 7.97. The Hall–Kier alpha value is -3.66. The van der Waals surface area contributed by atoms with Gasteiger partial charge in [-0.15, -0.1) is 0 Å². The van der Waals surface area contributed by atoms with Crippen LogP contribution < -0.4 is 5.32 Å². The van der Waals surface area contributed by atoms with Crippen LogP contribution in [0.5, 0.6) is 0 Å². The molecule has 5 amide bonds. The molecule has 0 aliphatic carbocycles. The lowest BCUT2D eigenvalue weighted by atomic mass is 9.96. The standard InChI is InChI=1S/C11H9NO4.C4H3NO2.C3H7NO/c13-9-6-8(11(15)12(9)16)10(14)7-4-2-1-3-5-7;6-3-1-2-4(7)5-3;1-4(2)3-5/h1-5,8,16H,6H2;1-2H,(H,5,6,7);3H,1-2H3. The van der Waals surface area contributed by atoms with Gasteiger partial charge in [0.25, 0.3) is 23.6 Å². The van der Waals surface area contributed by atoms with Crippen LogP contribution in [0.4, 0.5) is 0 Å². The van der Waals surface area contributed by atoms with E-state index in [2.05, 4.69) is 0 Å². The van der Waals surface area contributed by atoms with Crippen LogP contribution in [0.1, 0.15) is 16.8 Å². The molecule has 1 saturated heterocycles. The van der Waals surface area contributed by atoms with Gasteiger partial charge in [-0.1, -0.05) is 30.3 Å². The second-order valence-electron chi connectivity index (χ2n) is 5.79. The number of imide groups is 2. The average molecular weight is 389 g/mol. The number of nitrogens with one attached hydrogen (secondary N) is 1. The van der Waals surface area contributed by atoms with Gasteiger partial charge in [-0.05, 0) is 0 Å². The average Bonchev–Trinajstić information content (AvgIpc) is 3.19. The Balaban J connectivity index is 0.000000269. The first-order chi connectivity index (χ1) is 13.2. The fourth-order valence-electron chi connectivity index (χ4n) is 1.98. The summed E-state index contributed by atoms with van der Waals surface area (Å²) in [7, 11) is 3.38. The minimum Gasteiger partial charge on any atom is -0.351 e. The Morgan fingerprint density at radius 2 is 1.61 bits per heavy atom. The predicted molar refractivity (Wildman–Crippen MR) is 94.6 cm³/mol. The summed E-state index contributed by atoms with van der Waals surface area (Å²) in [6, 6.07) is 8.23. The van der Waals surface area contributed by atoms with Crippen molar-refractivity contribution in [2.24, 2.45) is 5.92 Å². The Labute approximate surface area is 160 Å². The Morgan fingerprint density at radius 3 is 1.93 bits per heavy atom. The number of carbonyl (C=O) groups excluding carboxylic acids is 6. The normalized spacial score (nSPS) is 17.2. The molecular weight excluding hydrogens is 370 g/mol. The van der Waals surface area contributed by atoms with Crippen molar-refractivity contribution in [3.8, 4) is 0 Å². The predicted octanol–water partition coefficient (Wildman–Crippen LogP) is -0.463. The fraction of sp³-hybridized carbons (Fsp3) is 0.222. The van der Waals surface area contributed by atoms with Gasteiger partial charge >= 0.3 is 0 Å². The second-order valence-corrected chi connectivity index (χ2v) is 5.79. The smallest absolute Gasteiger partial charge is 0.264 e. The molecule has 1 aromatic rings. The number of ketones is 1. The lowest BCUT2D eigenvalue weighted by Crippen LogP contribution is -2.29. The van der Waals surface area contributed by atoms with E-state index in [1.807, 2.05) is 5.32 Å². The van der Waals surface area contributed by atoms with E-state index in [0.717, 1.165) is 6.41 Å². The van der Waals surface area contributed by atoms with Crippen molar-refractivity contribution in [1.82, 2.24) is 15.3 Å². The molecule has 2 heterocycles. The minimum absolute atomic E-state index is 0.0194. The van der Waals surface area contributed by atoms with E-state index in [0.29, 0.717) is 5.56 Å². The van der Waals surface area contributed by atoms with E-state index >= 15 is 0 Å². The van der Waals surface area contributed by atoms with Gasteiger partial charge in [-0.25, -0.2) is 0 Å². The highest BCUT2D eigenvalue weighted by molar-refractivity contribution is 6.18. The van der Waals surface area contributed by atoms with Gasteiger partial charge in [0, 0.05) is 38.2 Å². The third-order valence-electron chi connectivity index (χ3n) is 3.34. The van der Waals surface area contributed by atoms with E-state index < -0.39 is 23.5 Å². The molecule has 28 heavy (non-hydrogen) atoms. The molecule has 10 heteroatoms. The zero-order valence-corrected chi connectivity index (χ0v) is 15.2. The van der Waals surface area contributed by atoms with Crippen molar-refractivity contribution in [2.75, 3.05) is 14.1 Å².